The number of pyridine rings is 1. The van der Waals surface area contributed by atoms with Gasteiger partial charge < -0.3 is 4.74 Å². The number of hydrogen-bond acceptors (Lipinski definition) is 5. The lowest BCUT2D eigenvalue weighted by Crippen LogP contribution is -2.03. The molecule has 0 atom stereocenters. The molecule has 0 radical (unpaired) electrons. The van der Waals surface area contributed by atoms with Crippen molar-refractivity contribution in [3.8, 4) is 11.5 Å². The molecule has 0 saturated heterocycles. The van der Waals surface area contributed by atoms with Crippen LogP contribution < -0.4 is 4.74 Å². The predicted octanol–water partition coefficient (Wildman–Crippen LogP) is 4.32. The minimum absolute atomic E-state index is 0.556. The highest BCUT2D eigenvalue weighted by molar-refractivity contribution is 9.10. The highest BCUT2D eigenvalue weighted by Gasteiger charge is 2.13. The predicted molar refractivity (Wildman–Crippen MR) is 109 cm³/mol. The van der Waals surface area contributed by atoms with Gasteiger partial charge in [-0.15, -0.1) is 5.10 Å². The number of ether oxygens (including phenoxy) is 1. The van der Waals surface area contributed by atoms with E-state index in [2.05, 4.69) is 36.3 Å². The Balaban J connectivity index is 1.55. The number of rotatable bonds is 4. The maximum atomic E-state index is 6.26. The fraction of sp³-hybridized carbons (Fsp3) is 0.100. The molecule has 5 aromatic rings. The van der Waals surface area contributed by atoms with Crippen molar-refractivity contribution in [3.05, 3.63) is 71.0 Å². The largest absolute Gasteiger partial charge is 0.455 e. The monoisotopic (exact) mass is 434 g/mol. The maximum absolute atomic E-state index is 6.26. The number of fused-ring (bicyclic) bond motifs is 2. The van der Waals surface area contributed by atoms with Gasteiger partial charge in [0.15, 0.2) is 11.3 Å². The number of halogens is 1. The van der Waals surface area contributed by atoms with Gasteiger partial charge in [-0.25, -0.2) is 4.68 Å². The summed E-state index contributed by atoms with van der Waals surface area (Å²) in [6, 6.07) is 15.7. The first-order valence-electron chi connectivity index (χ1n) is 8.70. The van der Waals surface area contributed by atoms with Gasteiger partial charge in [0.05, 0.1) is 23.8 Å². The fourth-order valence-corrected chi connectivity index (χ4v) is 3.61. The van der Waals surface area contributed by atoms with Crippen molar-refractivity contribution in [3.63, 3.8) is 0 Å². The van der Waals surface area contributed by atoms with Crippen LogP contribution in [0.25, 0.3) is 22.1 Å². The molecular formula is C20H15BrN6O. The molecule has 0 unspecified atom stereocenters. The molecule has 0 spiro atoms. The lowest BCUT2D eigenvalue weighted by Gasteiger charge is -2.13. The van der Waals surface area contributed by atoms with Crippen molar-refractivity contribution in [1.29, 1.82) is 0 Å². The van der Waals surface area contributed by atoms with E-state index in [4.69, 9.17) is 4.74 Å². The highest BCUT2D eigenvalue weighted by Crippen LogP contribution is 2.32. The van der Waals surface area contributed by atoms with E-state index in [-0.39, 0.29) is 0 Å². The number of aromatic nitrogens is 6. The topological polar surface area (TPSA) is 70.7 Å². The summed E-state index contributed by atoms with van der Waals surface area (Å²) >= 11 is 3.56. The molecule has 0 fully saturated rings. The Hall–Kier alpha value is -3.26. The molecule has 0 aliphatic heterocycles. The first-order chi connectivity index (χ1) is 13.7. The van der Waals surface area contributed by atoms with Crippen LogP contribution in [-0.2, 0) is 13.6 Å². The molecule has 0 saturated carbocycles. The summed E-state index contributed by atoms with van der Waals surface area (Å²) in [5.74, 6) is 1.41. The molecule has 3 heterocycles. The molecular weight excluding hydrogens is 420 g/mol. The van der Waals surface area contributed by atoms with Crippen LogP contribution in [0.5, 0.6) is 11.5 Å². The van der Waals surface area contributed by atoms with Gasteiger partial charge in [-0.2, -0.15) is 5.10 Å². The van der Waals surface area contributed by atoms with E-state index in [1.165, 1.54) is 0 Å². The average molecular weight is 435 g/mol. The van der Waals surface area contributed by atoms with Gasteiger partial charge in [0, 0.05) is 23.3 Å². The van der Waals surface area contributed by atoms with E-state index in [0.29, 0.717) is 12.3 Å². The van der Waals surface area contributed by atoms with E-state index in [1.807, 2.05) is 60.3 Å². The van der Waals surface area contributed by atoms with Crippen LogP contribution in [0, 0.1) is 0 Å². The molecule has 5 rings (SSSR count). The Labute approximate surface area is 168 Å². The molecule has 8 heteroatoms. The number of benzene rings is 2. The van der Waals surface area contributed by atoms with Gasteiger partial charge in [0.2, 0.25) is 0 Å². The normalized spacial score (nSPS) is 11.4. The van der Waals surface area contributed by atoms with Crippen molar-refractivity contribution in [2.75, 3.05) is 0 Å². The maximum Gasteiger partial charge on any atom is 0.157 e. The van der Waals surface area contributed by atoms with E-state index < -0.39 is 0 Å². The van der Waals surface area contributed by atoms with E-state index >= 15 is 0 Å². The van der Waals surface area contributed by atoms with Crippen LogP contribution in [0.3, 0.4) is 0 Å². The molecule has 0 amide bonds. The quantitative estimate of drug-likeness (QED) is 0.421. The SMILES string of the molecule is Cn1nnc2c(Oc3ccc(Br)cc3Cn3ncc4ncccc43)cccc21. The van der Waals surface area contributed by atoms with Crippen LogP contribution in [0.15, 0.2) is 65.4 Å². The Kier molecular flexibility index (Phi) is 4.05. The summed E-state index contributed by atoms with van der Waals surface area (Å²) < 4.78 is 10.9. The van der Waals surface area contributed by atoms with Gasteiger partial charge in [-0.3, -0.25) is 9.67 Å². The lowest BCUT2D eigenvalue weighted by molar-refractivity contribution is 0.476. The Morgan fingerprint density at radius 2 is 1.93 bits per heavy atom. The van der Waals surface area contributed by atoms with Gasteiger partial charge in [-0.05, 0) is 42.5 Å². The zero-order valence-corrected chi connectivity index (χ0v) is 16.5. The van der Waals surface area contributed by atoms with Gasteiger partial charge in [-0.1, -0.05) is 27.2 Å². The summed E-state index contributed by atoms with van der Waals surface area (Å²) in [6.45, 7) is 0.556. The Morgan fingerprint density at radius 3 is 2.86 bits per heavy atom. The van der Waals surface area contributed by atoms with Crippen molar-refractivity contribution in [1.82, 2.24) is 29.8 Å². The number of aryl methyl sites for hydroxylation is 1. The molecule has 3 aromatic heterocycles. The minimum Gasteiger partial charge on any atom is -0.455 e. The van der Waals surface area contributed by atoms with Crippen molar-refractivity contribution in [2.45, 2.75) is 6.54 Å². The van der Waals surface area contributed by atoms with Crippen molar-refractivity contribution >= 4 is 38.0 Å². The summed E-state index contributed by atoms with van der Waals surface area (Å²) in [7, 11) is 1.86. The molecule has 0 bridgehead atoms. The van der Waals surface area contributed by atoms with E-state index in [1.54, 1.807) is 17.1 Å². The molecule has 28 heavy (non-hydrogen) atoms. The second-order valence-electron chi connectivity index (χ2n) is 6.40. The third-order valence-electron chi connectivity index (χ3n) is 4.58. The number of nitrogens with zero attached hydrogens (tertiary/aromatic N) is 6. The van der Waals surface area contributed by atoms with Crippen LogP contribution in [-0.4, -0.2) is 29.8 Å². The molecule has 2 aromatic carbocycles. The number of hydrogen-bond donors (Lipinski definition) is 0. The first-order valence-corrected chi connectivity index (χ1v) is 9.49. The molecule has 0 aliphatic rings. The lowest BCUT2D eigenvalue weighted by atomic mass is 10.2. The Bertz CT molecular complexity index is 1310. The van der Waals surface area contributed by atoms with Gasteiger partial charge in [0.1, 0.15) is 11.3 Å². The third kappa shape index (κ3) is 2.91. The standard InChI is InChI=1S/C20H15BrN6O/c1-26-17-4-2-6-19(20(17)24-25-26)28-18-8-7-14(21)10-13(18)12-27-16-5-3-9-22-15(16)11-23-27/h2-11H,12H2,1H3. The van der Waals surface area contributed by atoms with Crippen molar-refractivity contribution in [2.24, 2.45) is 7.05 Å². The third-order valence-corrected chi connectivity index (χ3v) is 5.07. The smallest absolute Gasteiger partial charge is 0.157 e. The van der Waals surface area contributed by atoms with E-state index in [0.717, 1.165) is 37.9 Å². The van der Waals surface area contributed by atoms with E-state index in [9.17, 15) is 0 Å². The van der Waals surface area contributed by atoms with Crippen LogP contribution >= 0.6 is 15.9 Å². The average Bonchev–Trinajstić information content (AvgIpc) is 3.29. The first kappa shape index (κ1) is 16.9. The Morgan fingerprint density at radius 1 is 1.04 bits per heavy atom. The van der Waals surface area contributed by atoms with Crippen molar-refractivity contribution < 1.29 is 4.74 Å². The van der Waals surface area contributed by atoms with Gasteiger partial charge >= 0.3 is 0 Å². The fourth-order valence-electron chi connectivity index (χ4n) is 3.21. The second-order valence-corrected chi connectivity index (χ2v) is 7.32. The summed E-state index contributed by atoms with van der Waals surface area (Å²) in [5, 5.41) is 12.8. The van der Waals surface area contributed by atoms with Gasteiger partial charge in [0.25, 0.3) is 0 Å². The highest BCUT2D eigenvalue weighted by atomic mass is 79.9. The summed E-state index contributed by atoms with van der Waals surface area (Å²) in [6.07, 6.45) is 3.54. The zero-order valence-electron chi connectivity index (χ0n) is 15.0. The van der Waals surface area contributed by atoms with Crippen LogP contribution in [0.2, 0.25) is 0 Å². The minimum atomic E-state index is 0.556. The van der Waals surface area contributed by atoms with Crippen LogP contribution in [0.4, 0.5) is 0 Å². The molecule has 138 valence electrons. The zero-order chi connectivity index (χ0) is 19.1. The second kappa shape index (κ2) is 6.72. The van der Waals surface area contributed by atoms with Crippen LogP contribution in [0.1, 0.15) is 5.56 Å². The molecule has 0 N–H and O–H groups in total. The molecule has 7 nitrogen and oxygen atoms in total. The summed E-state index contributed by atoms with van der Waals surface area (Å²) in [4.78, 5) is 4.35. The molecule has 0 aliphatic carbocycles. The summed E-state index contributed by atoms with van der Waals surface area (Å²) in [5.41, 5.74) is 4.48.